The van der Waals surface area contributed by atoms with E-state index < -0.39 is 0 Å². The van der Waals surface area contributed by atoms with Crippen molar-refractivity contribution in [2.45, 2.75) is 13.8 Å². The van der Waals surface area contributed by atoms with Gasteiger partial charge in [0.1, 0.15) is 5.82 Å². The summed E-state index contributed by atoms with van der Waals surface area (Å²) in [5, 5.41) is 0. The Morgan fingerprint density at radius 3 is 1.91 bits per heavy atom. The standard InChI is InChI=1S/C31H24N4/c1-21-9-7-10-22(2)30(21)31-34-28-16-15-24(27-14-4-6-18-33-27)20-29(28)35(31)25-12-8-11-23(19-25)26-13-3-5-17-32-26/h3-20H,1-2H3. The minimum atomic E-state index is 0.937. The molecule has 4 heteroatoms. The second kappa shape index (κ2) is 8.65. The Balaban J connectivity index is 1.64. The lowest BCUT2D eigenvalue weighted by Gasteiger charge is -2.14. The highest BCUT2D eigenvalue weighted by Gasteiger charge is 2.19. The van der Waals surface area contributed by atoms with Gasteiger partial charge in [-0.2, -0.15) is 0 Å². The quantitative estimate of drug-likeness (QED) is 0.279. The van der Waals surface area contributed by atoms with Gasteiger partial charge >= 0.3 is 0 Å². The lowest BCUT2D eigenvalue weighted by molar-refractivity contribution is 1.09. The molecule has 0 atom stereocenters. The molecule has 0 radical (unpaired) electrons. The molecular weight excluding hydrogens is 428 g/mol. The van der Waals surface area contributed by atoms with Crippen LogP contribution >= 0.6 is 0 Å². The van der Waals surface area contributed by atoms with Crippen molar-refractivity contribution in [2.24, 2.45) is 0 Å². The Hall–Kier alpha value is -4.57. The molecule has 6 rings (SSSR count). The van der Waals surface area contributed by atoms with Crippen molar-refractivity contribution in [3.05, 3.63) is 121 Å². The fourth-order valence-electron chi connectivity index (χ4n) is 4.70. The Morgan fingerprint density at radius 2 is 1.26 bits per heavy atom. The summed E-state index contributed by atoms with van der Waals surface area (Å²) in [6, 6.07) is 33.3. The molecule has 0 fully saturated rings. The van der Waals surface area contributed by atoms with Gasteiger partial charge in [0.2, 0.25) is 0 Å². The van der Waals surface area contributed by atoms with E-state index in [1.807, 2.05) is 48.8 Å². The zero-order valence-electron chi connectivity index (χ0n) is 19.7. The van der Waals surface area contributed by atoms with Gasteiger partial charge < -0.3 is 0 Å². The van der Waals surface area contributed by atoms with Crippen LogP contribution in [-0.2, 0) is 0 Å². The third-order valence-electron chi connectivity index (χ3n) is 6.38. The smallest absolute Gasteiger partial charge is 0.146 e. The summed E-state index contributed by atoms with van der Waals surface area (Å²) in [4.78, 5) is 14.3. The van der Waals surface area contributed by atoms with Crippen molar-refractivity contribution in [2.75, 3.05) is 0 Å². The number of pyridine rings is 2. The molecule has 3 heterocycles. The Kier molecular flexibility index (Phi) is 5.19. The average Bonchev–Trinajstić information content (AvgIpc) is 3.28. The normalized spacial score (nSPS) is 11.1. The van der Waals surface area contributed by atoms with E-state index in [0.29, 0.717) is 0 Å². The van der Waals surface area contributed by atoms with E-state index in [9.17, 15) is 0 Å². The minimum Gasteiger partial charge on any atom is -0.292 e. The van der Waals surface area contributed by atoms with Gasteiger partial charge in [0.15, 0.2) is 0 Å². The van der Waals surface area contributed by atoms with Crippen LogP contribution in [0.15, 0.2) is 109 Å². The predicted molar refractivity (Wildman–Crippen MR) is 142 cm³/mol. The van der Waals surface area contributed by atoms with Crippen LogP contribution < -0.4 is 0 Å². The Morgan fingerprint density at radius 1 is 0.600 bits per heavy atom. The van der Waals surface area contributed by atoms with Gasteiger partial charge in [-0.1, -0.05) is 48.5 Å². The van der Waals surface area contributed by atoms with Gasteiger partial charge in [-0.3, -0.25) is 14.5 Å². The highest BCUT2D eigenvalue weighted by molar-refractivity contribution is 5.88. The van der Waals surface area contributed by atoms with Crippen molar-refractivity contribution in [3.8, 4) is 39.6 Å². The topological polar surface area (TPSA) is 43.6 Å². The maximum atomic E-state index is 5.15. The number of hydrogen-bond donors (Lipinski definition) is 0. The van der Waals surface area contributed by atoms with E-state index in [-0.39, 0.29) is 0 Å². The number of hydrogen-bond acceptors (Lipinski definition) is 3. The fourth-order valence-corrected chi connectivity index (χ4v) is 4.70. The van der Waals surface area contributed by atoms with Gasteiger partial charge in [0, 0.05) is 34.8 Å². The molecule has 0 bridgehead atoms. The number of rotatable bonds is 4. The van der Waals surface area contributed by atoms with Crippen LogP contribution in [-0.4, -0.2) is 19.5 Å². The maximum Gasteiger partial charge on any atom is 0.146 e. The highest BCUT2D eigenvalue weighted by Crippen LogP contribution is 2.35. The van der Waals surface area contributed by atoms with Gasteiger partial charge in [-0.25, -0.2) is 4.98 Å². The van der Waals surface area contributed by atoms with Crippen molar-refractivity contribution < 1.29 is 0 Å². The first-order valence-electron chi connectivity index (χ1n) is 11.7. The molecule has 0 aliphatic heterocycles. The Bertz CT molecular complexity index is 1630. The van der Waals surface area contributed by atoms with Crippen LogP contribution in [0.3, 0.4) is 0 Å². The monoisotopic (exact) mass is 452 g/mol. The first kappa shape index (κ1) is 21.0. The number of fused-ring (bicyclic) bond motifs is 1. The SMILES string of the molecule is Cc1cccc(C)c1-c1nc2ccc(-c3ccccn3)cc2n1-c1cccc(-c2ccccn2)c1. The third-order valence-corrected chi connectivity index (χ3v) is 6.38. The zero-order chi connectivity index (χ0) is 23.8. The molecule has 0 saturated heterocycles. The van der Waals surface area contributed by atoms with Crippen LogP contribution in [0.4, 0.5) is 0 Å². The molecule has 0 spiro atoms. The second-order valence-corrected chi connectivity index (χ2v) is 8.72. The number of aryl methyl sites for hydroxylation is 2. The summed E-state index contributed by atoms with van der Waals surface area (Å²) in [5.74, 6) is 0.937. The Labute approximate surface area is 204 Å². The molecule has 0 aliphatic carbocycles. The van der Waals surface area contributed by atoms with E-state index in [2.05, 4.69) is 89.0 Å². The van der Waals surface area contributed by atoms with Crippen LogP contribution in [0.5, 0.6) is 0 Å². The summed E-state index contributed by atoms with van der Waals surface area (Å²) >= 11 is 0. The molecule has 168 valence electrons. The van der Waals surface area contributed by atoms with Gasteiger partial charge in [-0.05, 0) is 73.5 Å². The second-order valence-electron chi connectivity index (χ2n) is 8.72. The zero-order valence-corrected chi connectivity index (χ0v) is 19.7. The van der Waals surface area contributed by atoms with Crippen LogP contribution in [0.25, 0.3) is 50.6 Å². The van der Waals surface area contributed by atoms with E-state index in [1.54, 1.807) is 0 Å². The van der Waals surface area contributed by atoms with Gasteiger partial charge in [0.05, 0.1) is 22.4 Å². The third kappa shape index (κ3) is 3.79. The summed E-state index contributed by atoms with van der Waals surface area (Å²) in [5.41, 5.74) is 10.6. The summed E-state index contributed by atoms with van der Waals surface area (Å²) in [6.07, 6.45) is 3.66. The molecule has 0 aliphatic rings. The molecule has 4 nitrogen and oxygen atoms in total. The number of imidazole rings is 1. The van der Waals surface area contributed by atoms with E-state index in [0.717, 1.165) is 50.6 Å². The highest BCUT2D eigenvalue weighted by atomic mass is 15.1. The van der Waals surface area contributed by atoms with E-state index in [1.165, 1.54) is 11.1 Å². The minimum absolute atomic E-state index is 0.937. The molecule has 3 aromatic heterocycles. The van der Waals surface area contributed by atoms with Crippen LogP contribution in [0.2, 0.25) is 0 Å². The number of aromatic nitrogens is 4. The van der Waals surface area contributed by atoms with Gasteiger partial charge in [0.25, 0.3) is 0 Å². The fraction of sp³-hybridized carbons (Fsp3) is 0.0645. The molecule has 0 unspecified atom stereocenters. The number of benzene rings is 3. The summed E-state index contributed by atoms with van der Waals surface area (Å²) in [6.45, 7) is 4.30. The molecule has 35 heavy (non-hydrogen) atoms. The summed E-state index contributed by atoms with van der Waals surface area (Å²) in [7, 11) is 0. The molecule has 3 aromatic carbocycles. The van der Waals surface area contributed by atoms with Crippen molar-refractivity contribution in [3.63, 3.8) is 0 Å². The first-order chi connectivity index (χ1) is 17.2. The van der Waals surface area contributed by atoms with Crippen molar-refractivity contribution in [1.82, 2.24) is 19.5 Å². The molecule has 0 amide bonds. The largest absolute Gasteiger partial charge is 0.292 e. The molecule has 0 saturated carbocycles. The summed E-state index contributed by atoms with van der Waals surface area (Å²) < 4.78 is 2.27. The maximum absolute atomic E-state index is 5.15. The molecule has 6 aromatic rings. The first-order valence-corrected chi connectivity index (χ1v) is 11.7. The van der Waals surface area contributed by atoms with Crippen molar-refractivity contribution in [1.29, 1.82) is 0 Å². The lowest BCUT2D eigenvalue weighted by Crippen LogP contribution is -2.01. The molecule has 0 N–H and O–H groups in total. The van der Waals surface area contributed by atoms with Crippen molar-refractivity contribution >= 4 is 11.0 Å². The number of nitrogens with zero attached hydrogens (tertiary/aromatic N) is 4. The predicted octanol–water partition coefficient (Wildman–Crippen LogP) is 7.43. The van der Waals surface area contributed by atoms with Crippen LogP contribution in [0.1, 0.15) is 11.1 Å². The van der Waals surface area contributed by atoms with Gasteiger partial charge in [-0.15, -0.1) is 0 Å². The molecular formula is C31H24N4. The van der Waals surface area contributed by atoms with E-state index >= 15 is 0 Å². The van der Waals surface area contributed by atoms with E-state index in [4.69, 9.17) is 4.98 Å². The lowest BCUT2D eigenvalue weighted by atomic mass is 10.0. The average molecular weight is 453 g/mol. The van der Waals surface area contributed by atoms with Crippen LogP contribution in [0, 0.1) is 13.8 Å².